The Balaban J connectivity index is 0.00000312. The first-order chi connectivity index (χ1) is 11.7. The molecule has 2 rings (SSSR count). The van der Waals surface area contributed by atoms with Crippen molar-refractivity contribution in [2.45, 2.75) is 20.4 Å². The maximum Gasteiger partial charge on any atom is 0.409 e. The lowest BCUT2D eigenvalue weighted by Gasteiger charge is -2.35. The molecule has 0 unspecified atom stereocenters. The summed E-state index contributed by atoms with van der Waals surface area (Å²) in [6.45, 7) is 7.70. The Morgan fingerprint density at radius 3 is 2.44 bits per heavy atom. The van der Waals surface area contributed by atoms with Crippen LogP contribution in [0.1, 0.15) is 19.4 Å². The van der Waals surface area contributed by atoms with Gasteiger partial charge in [-0.2, -0.15) is 0 Å². The molecule has 1 aromatic rings. The molecule has 1 fully saturated rings. The van der Waals surface area contributed by atoms with Gasteiger partial charge in [0.25, 0.3) is 0 Å². The molecule has 140 valence electrons. The van der Waals surface area contributed by atoms with Crippen LogP contribution in [0.3, 0.4) is 0 Å². The van der Waals surface area contributed by atoms with Crippen LogP contribution in [-0.4, -0.2) is 61.2 Å². The summed E-state index contributed by atoms with van der Waals surface area (Å²) in [6, 6.07) is 6.65. The van der Waals surface area contributed by atoms with Gasteiger partial charge in [-0.25, -0.2) is 14.2 Å². The summed E-state index contributed by atoms with van der Waals surface area (Å²) >= 11 is 0. The average molecular weight is 464 g/mol. The monoisotopic (exact) mass is 464 g/mol. The second-order valence-corrected chi connectivity index (χ2v) is 5.43. The molecule has 0 bridgehead atoms. The molecule has 1 N–H and O–H groups in total. The summed E-state index contributed by atoms with van der Waals surface area (Å²) in [6.07, 6.45) is -0.273. The number of amides is 1. The topological polar surface area (TPSA) is 57.2 Å². The molecule has 1 aliphatic heterocycles. The van der Waals surface area contributed by atoms with Crippen molar-refractivity contribution < 1.29 is 13.9 Å². The molecule has 0 saturated carbocycles. The van der Waals surface area contributed by atoms with Crippen LogP contribution >= 0.6 is 24.0 Å². The van der Waals surface area contributed by atoms with E-state index in [4.69, 9.17) is 4.74 Å². The number of nitrogens with zero attached hydrogens (tertiary/aromatic N) is 3. The molecule has 0 aromatic heterocycles. The fourth-order valence-corrected chi connectivity index (χ4v) is 2.53. The molecule has 25 heavy (non-hydrogen) atoms. The van der Waals surface area contributed by atoms with Gasteiger partial charge >= 0.3 is 6.09 Å². The molecule has 1 saturated heterocycles. The van der Waals surface area contributed by atoms with E-state index in [1.54, 1.807) is 30.0 Å². The van der Waals surface area contributed by atoms with Crippen LogP contribution in [0.4, 0.5) is 9.18 Å². The third-order valence-corrected chi connectivity index (χ3v) is 3.80. The standard InChI is InChI=1S/C17H25FN4O2.HI/c1-3-19-16(20-13-14-7-5-6-8-15(14)18)21-9-11-22(12-10-21)17(23)24-4-2;/h5-8H,3-4,9-13H2,1-2H3,(H,19,20);1H. The zero-order valence-corrected chi connectivity index (χ0v) is 17.0. The molecule has 1 amide bonds. The fraction of sp³-hybridized carbons (Fsp3) is 0.529. The summed E-state index contributed by atoms with van der Waals surface area (Å²) in [5.41, 5.74) is 0.568. The first-order valence-electron chi connectivity index (χ1n) is 8.34. The highest BCUT2D eigenvalue weighted by atomic mass is 127. The first-order valence-corrected chi connectivity index (χ1v) is 8.34. The van der Waals surface area contributed by atoms with Gasteiger partial charge in [0.2, 0.25) is 0 Å². The van der Waals surface area contributed by atoms with Crippen LogP contribution in [0.5, 0.6) is 0 Å². The summed E-state index contributed by atoms with van der Waals surface area (Å²) in [5, 5.41) is 3.23. The van der Waals surface area contributed by atoms with Crippen molar-refractivity contribution in [1.82, 2.24) is 15.1 Å². The summed E-state index contributed by atoms with van der Waals surface area (Å²) in [7, 11) is 0. The molecule has 1 heterocycles. The predicted molar refractivity (Wildman–Crippen MR) is 107 cm³/mol. The number of piperazine rings is 1. The number of nitrogens with one attached hydrogen (secondary N) is 1. The molecular weight excluding hydrogens is 438 g/mol. The molecule has 8 heteroatoms. The lowest BCUT2D eigenvalue weighted by molar-refractivity contribution is 0.0914. The van der Waals surface area contributed by atoms with Gasteiger partial charge in [0.05, 0.1) is 13.2 Å². The van der Waals surface area contributed by atoms with Crippen LogP contribution < -0.4 is 5.32 Å². The van der Waals surface area contributed by atoms with Crippen molar-refractivity contribution in [3.8, 4) is 0 Å². The number of hydrogen-bond acceptors (Lipinski definition) is 3. The number of ether oxygens (including phenoxy) is 1. The number of aliphatic imine (C=N–C) groups is 1. The molecular formula is C17H26FIN4O2. The average Bonchev–Trinajstić information content (AvgIpc) is 2.60. The quantitative estimate of drug-likeness (QED) is 0.423. The van der Waals surface area contributed by atoms with Gasteiger partial charge in [0.1, 0.15) is 5.82 Å². The van der Waals surface area contributed by atoms with E-state index >= 15 is 0 Å². The van der Waals surface area contributed by atoms with Crippen molar-refractivity contribution in [3.63, 3.8) is 0 Å². The van der Waals surface area contributed by atoms with E-state index in [9.17, 15) is 9.18 Å². The third-order valence-electron chi connectivity index (χ3n) is 3.80. The van der Waals surface area contributed by atoms with Crippen molar-refractivity contribution >= 4 is 36.0 Å². The summed E-state index contributed by atoms with van der Waals surface area (Å²) < 4.78 is 18.7. The Hall–Kier alpha value is -1.58. The van der Waals surface area contributed by atoms with Gasteiger partial charge in [-0.3, -0.25) is 0 Å². The Morgan fingerprint density at radius 2 is 1.84 bits per heavy atom. The third kappa shape index (κ3) is 6.33. The van der Waals surface area contributed by atoms with Gasteiger partial charge < -0.3 is 19.9 Å². The lowest BCUT2D eigenvalue weighted by atomic mass is 10.2. The highest BCUT2D eigenvalue weighted by Crippen LogP contribution is 2.09. The highest BCUT2D eigenvalue weighted by molar-refractivity contribution is 14.0. The normalized spacial score (nSPS) is 14.8. The smallest absolute Gasteiger partial charge is 0.409 e. The summed E-state index contributed by atoms with van der Waals surface area (Å²) in [4.78, 5) is 20.1. The molecule has 6 nitrogen and oxygen atoms in total. The number of carbonyl (C=O) groups is 1. The van der Waals surface area contributed by atoms with Gasteiger partial charge in [-0.05, 0) is 19.9 Å². The second kappa shape index (κ2) is 11.1. The number of carbonyl (C=O) groups excluding carboxylic acids is 1. The summed E-state index contributed by atoms with van der Waals surface area (Å²) in [5.74, 6) is 0.494. The number of guanidine groups is 1. The Labute approximate surface area is 165 Å². The van der Waals surface area contributed by atoms with Crippen molar-refractivity contribution in [1.29, 1.82) is 0 Å². The van der Waals surface area contributed by atoms with E-state index < -0.39 is 0 Å². The number of benzene rings is 1. The molecule has 0 radical (unpaired) electrons. The maximum absolute atomic E-state index is 13.7. The predicted octanol–water partition coefficient (Wildman–Crippen LogP) is 2.68. The Kier molecular flexibility index (Phi) is 9.54. The number of hydrogen-bond donors (Lipinski definition) is 1. The zero-order chi connectivity index (χ0) is 17.4. The minimum Gasteiger partial charge on any atom is -0.450 e. The Morgan fingerprint density at radius 1 is 1.20 bits per heavy atom. The van der Waals surface area contributed by atoms with Crippen LogP contribution in [0.2, 0.25) is 0 Å². The van der Waals surface area contributed by atoms with Gasteiger partial charge in [0.15, 0.2) is 5.96 Å². The fourth-order valence-electron chi connectivity index (χ4n) is 2.53. The van der Waals surface area contributed by atoms with Crippen LogP contribution in [0.25, 0.3) is 0 Å². The molecule has 0 atom stereocenters. The minimum absolute atomic E-state index is 0. The minimum atomic E-state index is -0.273. The largest absolute Gasteiger partial charge is 0.450 e. The second-order valence-electron chi connectivity index (χ2n) is 5.43. The SMILES string of the molecule is CCNC(=NCc1ccccc1F)N1CCN(C(=O)OCC)CC1.I. The van der Waals surface area contributed by atoms with Crippen LogP contribution in [0, 0.1) is 5.82 Å². The molecule has 1 aliphatic rings. The lowest BCUT2D eigenvalue weighted by Crippen LogP contribution is -2.53. The molecule has 0 spiro atoms. The highest BCUT2D eigenvalue weighted by Gasteiger charge is 2.23. The zero-order valence-electron chi connectivity index (χ0n) is 14.7. The number of halogens is 2. The van der Waals surface area contributed by atoms with Crippen LogP contribution in [0.15, 0.2) is 29.3 Å². The van der Waals surface area contributed by atoms with Gasteiger partial charge in [-0.15, -0.1) is 24.0 Å². The van der Waals surface area contributed by atoms with E-state index in [1.165, 1.54) is 6.07 Å². The maximum atomic E-state index is 13.7. The van der Waals surface area contributed by atoms with Crippen molar-refractivity contribution in [3.05, 3.63) is 35.6 Å². The van der Waals surface area contributed by atoms with Crippen LogP contribution in [-0.2, 0) is 11.3 Å². The van der Waals surface area contributed by atoms with Gasteiger partial charge in [0, 0.05) is 38.3 Å². The van der Waals surface area contributed by atoms with E-state index in [1.807, 2.05) is 6.92 Å². The Bertz CT molecular complexity index is 578. The van der Waals surface area contributed by atoms with Crippen molar-refractivity contribution in [2.75, 3.05) is 39.3 Å². The first kappa shape index (κ1) is 21.5. The number of rotatable bonds is 4. The van der Waals surface area contributed by atoms with E-state index in [0.717, 1.165) is 12.5 Å². The van der Waals surface area contributed by atoms with E-state index in [0.29, 0.717) is 38.3 Å². The molecule has 1 aromatic carbocycles. The van der Waals surface area contributed by atoms with E-state index in [2.05, 4.69) is 15.2 Å². The van der Waals surface area contributed by atoms with E-state index in [-0.39, 0.29) is 42.4 Å². The molecule has 0 aliphatic carbocycles. The van der Waals surface area contributed by atoms with Crippen molar-refractivity contribution in [2.24, 2.45) is 4.99 Å². The van der Waals surface area contributed by atoms with Gasteiger partial charge in [-0.1, -0.05) is 18.2 Å².